The van der Waals surface area contributed by atoms with Crippen molar-refractivity contribution in [2.45, 2.75) is 45.8 Å². The molecule has 0 saturated carbocycles. The van der Waals surface area contributed by atoms with Crippen molar-refractivity contribution in [3.8, 4) is 0 Å². The van der Waals surface area contributed by atoms with E-state index >= 15 is 0 Å². The number of carbonyl (C=O) groups excluding carboxylic acids is 1. The number of amides is 1. The molecule has 2 N–H and O–H groups in total. The fraction of sp³-hybridized carbons (Fsp3) is 0.385. The molecule has 0 atom stereocenters. The number of aromatic nitrogens is 1. The Morgan fingerprint density at radius 2 is 1.85 bits per heavy atom. The van der Waals surface area contributed by atoms with Crippen LogP contribution in [0.1, 0.15) is 44.0 Å². The Morgan fingerprint density at radius 1 is 1.12 bits per heavy atom. The number of likely N-dealkylation sites (tertiary alicyclic amines) is 1. The number of carboxylic acid groups (broad SMARTS) is 1. The van der Waals surface area contributed by atoms with E-state index in [4.69, 9.17) is 16.3 Å². The lowest BCUT2D eigenvalue weighted by Crippen LogP contribution is -2.42. The molecule has 0 unspecified atom stereocenters. The lowest BCUT2D eigenvalue weighted by atomic mass is 9.97. The summed E-state index contributed by atoms with van der Waals surface area (Å²) in [5.74, 6) is -0.547. The number of aromatic carboxylic acids is 1. The number of carbonyl (C=O) groups is 2. The van der Waals surface area contributed by atoms with Crippen LogP contribution in [0.4, 0.5) is 16.2 Å². The lowest BCUT2D eigenvalue weighted by Gasteiger charge is -2.33. The van der Waals surface area contributed by atoms with Crippen LogP contribution in [-0.4, -0.2) is 45.3 Å². The predicted molar refractivity (Wildman–Crippen MR) is 134 cm³/mol. The molecule has 4 rings (SSSR count). The van der Waals surface area contributed by atoms with Crippen molar-refractivity contribution >= 4 is 45.9 Å². The van der Waals surface area contributed by atoms with Crippen LogP contribution in [0.5, 0.6) is 0 Å². The summed E-state index contributed by atoms with van der Waals surface area (Å²) in [7, 11) is 0. The van der Waals surface area contributed by atoms with Gasteiger partial charge in [0.25, 0.3) is 0 Å². The van der Waals surface area contributed by atoms with Crippen LogP contribution in [-0.2, 0) is 11.3 Å². The van der Waals surface area contributed by atoms with Gasteiger partial charge in [-0.15, -0.1) is 0 Å². The third-order valence-electron chi connectivity index (χ3n) is 5.98. The Bertz CT molecular complexity index is 1210. The van der Waals surface area contributed by atoms with Gasteiger partial charge in [-0.05, 0) is 82.0 Å². The second kappa shape index (κ2) is 9.58. The Labute approximate surface area is 204 Å². The molecule has 1 amide bonds. The van der Waals surface area contributed by atoms with Gasteiger partial charge in [0, 0.05) is 47.4 Å². The van der Waals surface area contributed by atoms with Crippen molar-refractivity contribution in [1.82, 2.24) is 9.47 Å². The van der Waals surface area contributed by atoms with Gasteiger partial charge < -0.3 is 24.6 Å². The van der Waals surface area contributed by atoms with Crippen molar-refractivity contribution < 1.29 is 19.4 Å². The third-order valence-corrected chi connectivity index (χ3v) is 6.22. The molecule has 1 aliphatic rings. The molecule has 34 heavy (non-hydrogen) atoms. The Kier molecular flexibility index (Phi) is 6.75. The number of anilines is 2. The van der Waals surface area contributed by atoms with Gasteiger partial charge in [0.15, 0.2) is 0 Å². The van der Waals surface area contributed by atoms with Crippen molar-refractivity contribution in [3.63, 3.8) is 0 Å². The molecule has 0 radical (unpaired) electrons. The smallest absolute Gasteiger partial charge is 0.410 e. The highest BCUT2D eigenvalue weighted by Gasteiger charge is 2.27. The van der Waals surface area contributed by atoms with Crippen LogP contribution in [0.2, 0.25) is 5.02 Å². The number of rotatable bonds is 5. The quantitative estimate of drug-likeness (QED) is 0.439. The second-order valence-electron chi connectivity index (χ2n) is 9.77. The summed E-state index contributed by atoms with van der Waals surface area (Å²) in [6.45, 7) is 7.96. The van der Waals surface area contributed by atoms with E-state index in [1.807, 2.05) is 39.0 Å². The molecule has 7 nitrogen and oxygen atoms in total. The fourth-order valence-electron chi connectivity index (χ4n) is 4.30. The fourth-order valence-corrected chi connectivity index (χ4v) is 4.47. The number of fused-ring (bicyclic) bond motifs is 1. The third kappa shape index (κ3) is 5.65. The predicted octanol–water partition coefficient (Wildman–Crippen LogP) is 6.38. The molecule has 2 aromatic carbocycles. The average Bonchev–Trinajstić information content (AvgIpc) is 3.16. The van der Waals surface area contributed by atoms with Gasteiger partial charge in [-0.2, -0.15) is 0 Å². The van der Waals surface area contributed by atoms with Crippen LogP contribution in [0.3, 0.4) is 0 Å². The van der Waals surface area contributed by atoms with E-state index in [0.29, 0.717) is 29.7 Å². The number of nitrogens with zero attached hydrogens (tertiary/aromatic N) is 2. The minimum Gasteiger partial charge on any atom is -0.478 e. The molecule has 2 heterocycles. The largest absolute Gasteiger partial charge is 0.478 e. The van der Waals surface area contributed by atoms with E-state index in [0.717, 1.165) is 36.0 Å². The van der Waals surface area contributed by atoms with E-state index in [9.17, 15) is 14.7 Å². The summed E-state index contributed by atoms with van der Waals surface area (Å²) in [4.78, 5) is 25.7. The van der Waals surface area contributed by atoms with Gasteiger partial charge in [0.2, 0.25) is 0 Å². The van der Waals surface area contributed by atoms with Gasteiger partial charge in [-0.25, -0.2) is 9.59 Å². The van der Waals surface area contributed by atoms with Crippen molar-refractivity contribution in [3.05, 3.63) is 59.2 Å². The average molecular weight is 484 g/mol. The van der Waals surface area contributed by atoms with E-state index in [1.165, 1.54) is 6.07 Å². The van der Waals surface area contributed by atoms with Crippen molar-refractivity contribution in [2.24, 2.45) is 5.92 Å². The van der Waals surface area contributed by atoms with Crippen molar-refractivity contribution in [2.75, 3.05) is 18.4 Å². The van der Waals surface area contributed by atoms with Crippen LogP contribution in [0.25, 0.3) is 10.9 Å². The topological polar surface area (TPSA) is 83.8 Å². The molecule has 8 heteroatoms. The van der Waals surface area contributed by atoms with Crippen LogP contribution in [0, 0.1) is 5.92 Å². The summed E-state index contributed by atoms with van der Waals surface area (Å²) in [5, 5.41) is 14.1. The summed E-state index contributed by atoms with van der Waals surface area (Å²) in [6, 6.07) is 12.8. The zero-order valence-electron chi connectivity index (χ0n) is 19.7. The van der Waals surface area contributed by atoms with E-state index in [1.54, 1.807) is 17.0 Å². The normalized spacial score (nSPS) is 14.9. The molecular formula is C26H30ClN3O4. The first-order valence-corrected chi connectivity index (χ1v) is 11.8. The molecular weight excluding hydrogens is 454 g/mol. The second-order valence-corrected chi connectivity index (χ2v) is 10.2. The molecule has 180 valence electrons. The van der Waals surface area contributed by atoms with Gasteiger partial charge in [-0.3, -0.25) is 0 Å². The number of carboxylic acids is 1. The monoisotopic (exact) mass is 483 g/mol. The van der Waals surface area contributed by atoms with Gasteiger partial charge >= 0.3 is 12.1 Å². The Balaban J connectivity index is 1.41. The van der Waals surface area contributed by atoms with E-state index in [2.05, 4.69) is 22.1 Å². The highest BCUT2D eigenvalue weighted by molar-refractivity contribution is 6.31. The molecule has 1 aliphatic heterocycles. The van der Waals surface area contributed by atoms with E-state index < -0.39 is 11.6 Å². The highest BCUT2D eigenvalue weighted by Crippen LogP contribution is 2.29. The van der Waals surface area contributed by atoms with Crippen LogP contribution in [0.15, 0.2) is 48.7 Å². The SMILES string of the molecule is CC(C)(C)OC(=O)N1CCC(Cn2ccc3cc(Nc4ccc(Cl)cc4C(=O)O)ccc32)CC1. The highest BCUT2D eigenvalue weighted by atomic mass is 35.5. The molecule has 0 spiro atoms. The lowest BCUT2D eigenvalue weighted by molar-refractivity contribution is 0.0178. The maximum atomic E-state index is 12.3. The van der Waals surface area contributed by atoms with Gasteiger partial charge in [0.1, 0.15) is 5.60 Å². The molecule has 1 aromatic heterocycles. The summed E-state index contributed by atoms with van der Waals surface area (Å²) < 4.78 is 7.74. The van der Waals surface area contributed by atoms with Crippen LogP contribution >= 0.6 is 11.6 Å². The van der Waals surface area contributed by atoms with Crippen molar-refractivity contribution in [1.29, 1.82) is 0 Å². The maximum absolute atomic E-state index is 12.3. The summed E-state index contributed by atoms with van der Waals surface area (Å²) in [6.07, 6.45) is 3.73. The van der Waals surface area contributed by atoms with Gasteiger partial charge in [-0.1, -0.05) is 11.6 Å². The minimum absolute atomic E-state index is 0.128. The first-order valence-electron chi connectivity index (χ1n) is 11.5. The number of halogens is 1. The zero-order valence-corrected chi connectivity index (χ0v) is 20.4. The Hall–Kier alpha value is -3.19. The number of hydrogen-bond donors (Lipinski definition) is 2. The standard InChI is InChI=1S/C26H30ClN3O4/c1-26(2,3)34-25(33)29-11-8-17(9-12-29)16-30-13-10-18-14-20(5-7-23(18)30)28-22-6-4-19(27)15-21(22)24(31)32/h4-7,10,13-15,17,28H,8-9,11-12,16H2,1-3H3,(H,31,32). The number of piperidine rings is 1. The van der Waals surface area contributed by atoms with Crippen LogP contribution < -0.4 is 5.32 Å². The molecule has 0 bridgehead atoms. The first kappa shape index (κ1) is 24.0. The maximum Gasteiger partial charge on any atom is 0.410 e. The minimum atomic E-state index is -1.03. The number of hydrogen-bond acceptors (Lipinski definition) is 4. The number of nitrogens with one attached hydrogen (secondary N) is 1. The zero-order chi connectivity index (χ0) is 24.5. The molecule has 0 aliphatic carbocycles. The van der Waals surface area contributed by atoms with E-state index in [-0.39, 0.29) is 11.7 Å². The summed E-state index contributed by atoms with van der Waals surface area (Å²) in [5.41, 5.74) is 2.07. The summed E-state index contributed by atoms with van der Waals surface area (Å²) >= 11 is 5.95. The van der Waals surface area contributed by atoms with Gasteiger partial charge in [0.05, 0.1) is 11.3 Å². The number of ether oxygens (including phenoxy) is 1. The molecule has 1 saturated heterocycles. The first-order chi connectivity index (χ1) is 16.1. The Morgan fingerprint density at radius 3 is 2.53 bits per heavy atom. The number of benzene rings is 2. The molecule has 1 fully saturated rings. The molecule has 3 aromatic rings.